The standard InChI is InChI=1S/C23H23F5O2/c1-2-3-12-4-6-13(7-5-12)11-30-17-9-8-14-15-10-16(29)21(24)22(25)19(15)18(14)20(17)23(26,27)28/h8-10,12-13,29H,2-7,11H2,1H3. The van der Waals surface area contributed by atoms with Crippen molar-refractivity contribution >= 4 is 0 Å². The molecule has 162 valence electrons. The van der Waals surface area contributed by atoms with Crippen molar-refractivity contribution in [2.24, 2.45) is 11.8 Å². The van der Waals surface area contributed by atoms with Gasteiger partial charge in [-0.25, -0.2) is 4.39 Å². The van der Waals surface area contributed by atoms with Crippen LogP contribution in [0.2, 0.25) is 0 Å². The van der Waals surface area contributed by atoms with E-state index in [9.17, 15) is 27.1 Å². The second-order valence-electron chi connectivity index (χ2n) is 8.29. The molecule has 0 bridgehead atoms. The van der Waals surface area contributed by atoms with Gasteiger partial charge in [-0.2, -0.15) is 17.6 Å². The summed E-state index contributed by atoms with van der Waals surface area (Å²) in [6.45, 7) is 2.31. The number of rotatable bonds is 5. The van der Waals surface area contributed by atoms with Crippen molar-refractivity contribution in [1.82, 2.24) is 0 Å². The quantitative estimate of drug-likeness (QED) is 0.433. The van der Waals surface area contributed by atoms with Gasteiger partial charge in [0.1, 0.15) is 11.3 Å². The molecule has 7 heteroatoms. The lowest BCUT2D eigenvalue weighted by Gasteiger charge is -2.31. The van der Waals surface area contributed by atoms with Crippen LogP contribution in [0.15, 0.2) is 18.2 Å². The highest BCUT2D eigenvalue weighted by Gasteiger charge is 2.44. The van der Waals surface area contributed by atoms with Crippen LogP contribution in [-0.4, -0.2) is 11.7 Å². The highest BCUT2D eigenvalue weighted by atomic mass is 19.4. The number of fused-ring (bicyclic) bond motifs is 4. The number of ether oxygens (including phenoxy) is 1. The molecule has 2 aliphatic rings. The van der Waals surface area contributed by atoms with Crippen LogP contribution in [-0.2, 0) is 6.18 Å². The summed E-state index contributed by atoms with van der Waals surface area (Å²) < 4.78 is 75.3. The molecule has 0 atom stereocenters. The molecule has 0 saturated heterocycles. The predicted molar refractivity (Wildman–Crippen MR) is 103 cm³/mol. The number of benzene rings is 2. The van der Waals surface area contributed by atoms with Crippen LogP contribution in [0.5, 0.6) is 11.5 Å². The monoisotopic (exact) mass is 426 g/mol. The summed E-state index contributed by atoms with van der Waals surface area (Å²) in [5, 5.41) is 9.47. The summed E-state index contributed by atoms with van der Waals surface area (Å²) in [6.07, 6.45) is 1.45. The van der Waals surface area contributed by atoms with Crippen LogP contribution < -0.4 is 4.74 Å². The van der Waals surface area contributed by atoms with Crippen LogP contribution in [0, 0.1) is 23.5 Å². The van der Waals surface area contributed by atoms with E-state index in [4.69, 9.17) is 4.74 Å². The number of phenolic OH excluding ortho intramolecular Hbond substituents is 1. The van der Waals surface area contributed by atoms with Gasteiger partial charge in [0.2, 0.25) is 5.82 Å². The Morgan fingerprint density at radius 2 is 1.63 bits per heavy atom. The third-order valence-electron chi connectivity index (χ3n) is 6.32. The topological polar surface area (TPSA) is 29.5 Å². The Morgan fingerprint density at radius 1 is 0.967 bits per heavy atom. The molecule has 2 aromatic rings. The van der Waals surface area contributed by atoms with Crippen molar-refractivity contribution in [3.63, 3.8) is 0 Å². The van der Waals surface area contributed by atoms with Gasteiger partial charge in [-0.15, -0.1) is 0 Å². The summed E-state index contributed by atoms with van der Waals surface area (Å²) in [6, 6.07) is 3.58. The SMILES string of the molecule is CCCC1CCC(COc2ccc3c(c2C(F)(F)F)-c2c-3cc(O)c(F)c2F)CC1. The Morgan fingerprint density at radius 3 is 2.27 bits per heavy atom. The molecule has 4 rings (SSSR count). The highest BCUT2D eigenvalue weighted by molar-refractivity contribution is 6.05. The van der Waals surface area contributed by atoms with Gasteiger partial charge in [-0.3, -0.25) is 0 Å². The first kappa shape index (κ1) is 20.9. The van der Waals surface area contributed by atoms with Crippen LogP contribution in [0.4, 0.5) is 22.0 Å². The largest absolute Gasteiger partial charge is 0.505 e. The smallest absolute Gasteiger partial charge is 0.420 e. The van der Waals surface area contributed by atoms with Crippen molar-refractivity contribution in [3.8, 4) is 33.8 Å². The second kappa shape index (κ2) is 7.75. The number of halogens is 5. The summed E-state index contributed by atoms with van der Waals surface area (Å²) >= 11 is 0. The molecule has 0 heterocycles. The van der Waals surface area contributed by atoms with Gasteiger partial charge in [0.25, 0.3) is 0 Å². The minimum absolute atomic E-state index is 0.0627. The zero-order chi connectivity index (χ0) is 21.6. The lowest BCUT2D eigenvalue weighted by Crippen LogP contribution is -2.22. The van der Waals surface area contributed by atoms with Gasteiger partial charge in [-0.05, 0) is 47.9 Å². The molecule has 0 aromatic heterocycles. The van der Waals surface area contributed by atoms with Gasteiger partial charge < -0.3 is 9.84 Å². The molecule has 0 radical (unpaired) electrons. The van der Waals surface area contributed by atoms with E-state index in [-0.39, 0.29) is 29.4 Å². The van der Waals surface area contributed by atoms with Gasteiger partial charge in [0.05, 0.1) is 6.61 Å². The molecular weight excluding hydrogens is 403 g/mol. The van der Waals surface area contributed by atoms with Crippen molar-refractivity contribution in [2.75, 3.05) is 6.61 Å². The van der Waals surface area contributed by atoms with Gasteiger partial charge in [0.15, 0.2) is 11.6 Å². The Balaban J connectivity index is 1.60. The maximum absolute atomic E-state index is 14.3. The fourth-order valence-electron chi connectivity index (χ4n) is 4.78. The summed E-state index contributed by atoms with van der Waals surface area (Å²) in [5.41, 5.74) is -1.76. The first-order valence-electron chi connectivity index (χ1n) is 10.3. The zero-order valence-corrected chi connectivity index (χ0v) is 16.6. The number of aromatic hydroxyl groups is 1. The Labute approximate surface area is 171 Å². The average molecular weight is 426 g/mol. The van der Waals surface area contributed by atoms with E-state index in [0.717, 1.165) is 38.2 Å². The molecule has 2 aliphatic carbocycles. The summed E-state index contributed by atoms with van der Waals surface area (Å²) in [5.74, 6) is -3.46. The molecule has 2 aromatic carbocycles. The van der Waals surface area contributed by atoms with E-state index in [1.54, 1.807) is 0 Å². The van der Waals surface area contributed by atoms with E-state index in [1.165, 1.54) is 18.6 Å². The van der Waals surface area contributed by atoms with Gasteiger partial charge >= 0.3 is 6.18 Å². The number of phenols is 1. The van der Waals surface area contributed by atoms with Gasteiger partial charge in [-0.1, -0.05) is 38.7 Å². The Kier molecular flexibility index (Phi) is 5.41. The van der Waals surface area contributed by atoms with E-state index in [0.29, 0.717) is 5.92 Å². The third-order valence-corrected chi connectivity index (χ3v) is 6.32. The molecule has 0 amide bonds. The number of hydrogen-bond donors (Lipinski definition) is 1. The predicted octanol–water partition coefficient (Wildman–Crippen LogP) is 7.32. The number of hydrogen-bond acceptors (Lipinski definition) is 2. The van der Waals surface area contributed by atoms with Crippen molar-refractivity contribution in [1.29, 1.82) is 0 Å². The molecule has 2 nitrogen and oxygen atoms in total. The third kappa shape index (κ3) is 3.52. The van der Waals surface area contributed by atoms with Crippen LogP contribution in [0.1, 0.15) is 51.0 Å². The Hall–Kier alpha value is -2.31. The second-order valence-corrected chi connectivity index (χ2v) is 8.29. The lowest BCUT2D eigenvalue weighted by molar-refractivity contribution is -0.138. The minimum Gasteiger partial charge on any atom is -0.505 e. The van der Waals surface area contributed by atoms with Crippen LogP contribution >= 0.6 is 0 Å². The van der Waals surface area contributed by atoms with Crippen LogP contribution in [0.25, 0.3) is 22.3 Å². The molecule has 1 saturated carbocycles. The zero-order valence-electron chi connectivity index (χ0n) is 16.6. The van der Waals surface area contributed by atoms with Crippen LogP contribution in [0.3, 0.4) is 0 Å². The fourth-order valence-corrected chi connectivity index (χ4v) is 4.78. The molecule has 0 unspecified atom stereocenters. The summed E-state index contributed by atoms with van der Waals surface area (Å²) in [4.78, 5) is 0. The van der Waals surface area contributed by atoms with E-state index in [2.05, 4.69) is 6.92 Å². The van der Waals surface area contributed by atoms with Crippen molar-refractivity contribution < 1.29 is 31.8 Å². The van der Waals surface area contributed by atoms with Crippen molar-refractivity contribution in [2.45, 2.75) is 51.6 Å². The molecule has 1 fully saturated rings. The van der Waals surface area contributed by atoms with Gasteiger partial charge in [0, 0.05) is 11.1 Å². The first-order chi connectivity index (χ1) is 14.2. The Bertz CT molecular complexity index is 959. The average Bonchev–Trinajstić information content (AvgIpc) is 2.69. The maximum atomic E-state index is 14.3. The normalized spacial score (nSPS) is 20.3. The number of alkyl halides is 3. The maximum Gasteiger partial charge on any atom is 0.420 e. The lowest BCUT2D eigenvalue weighted by atomic mass is 9.76. The molecule has 1 N–H and O–H groups in total. The minimum atomic E-state index is -4.79. The van der Waals surface area contributed by atoms with Crippen molar-refractivity contribution in [3.05, 3.63) is 35.4 Å². The molecule has 0 aliphatic heterocycles. The van der Waals surface area contributed by atoms with E-state index >= 15 is 0 Å². The molecular formula is C23H23F5O2. The molecule has 0 spiro atoms. The highest BCUT2D eigenvalue weighted by Crippen LogP contribution is 2.57. The fraction of sp³-hybridized carbons (Fsp3) is 0.478. The first-order valence-corrected chi connectivity index (χ1v) is 10.3. The van der Waals surface area contributed by atoms with E-state index in [1.807, 2.05) is 0 Å². The summed E-state index contributed by atoms with van der Waals surface area (Å²) in [7, 11) is 0. The van der Waals surface area contributed by atoms with E-state index < -0.39 is 40.3 Å². The molecule has 30 heavy (non-hydrogen) atoms.